The van der Waals surface area contributed by atoms with Crippen molar-refractivity contribution in [3.63, 3.8) is 0 Å². The first-order valence-electron chi connectivity index (χ1n) is 10.3. The van der Waals surface area contributed by atoms with Gasteiger partial charge in [-0.05, 0) is 56.5 Å². The standard InChI is InChI=1S/C22H25N5O3S/c1-16-9-10-18(15-19(16)31(29,30)26-12-6-3-7-13-26)22(28)24-21-14-17(2)25-27(21)20-8-4-5-11-23-20/h4-5,8-11,14-15H,3,6-7,12-13H2,1-2H3,(H,24,28). The number of carbonyl (C=O) groups excluding carboxylic acids is 1. The van der Waals surface area contributed by atoms with Gasteiger partial charge >= 0.3 is 0 Å². The summed E-state index contributed by atoms with van der Waals surface area (Å²) in [5, 5.41) is 7.23. The lowest BCUT2D eigenvalue weighted by Crippen LogP contribution is -2.36. The molecule has 1 aliphatic heterocycles. The average Bonchev–Trinajstić information content (AvgIpc) is 3.15. The summed E-state index contributed by atoms with van der Waals surface area (Å²) < 4.78 is 29.4. The van der Waals surface area contributed by atoms with E-state index < -0.39 is 15.9 Å². The van der Waals surface area contributed by atoms with E-state index in [0.29, 0.717) is 30.3 Å². The highest BCUT2D eigenvalue weighted by Gasteiger charge is 2.28. The number of nitrogens with zero attached hydrogens (tertiary/aromatic N) is 4. The van der Waals surface area contributed by atoms with E-state index in [1.54, 1.807) is 48.1 Å². The molecule has 0 atom stereocenters. The summed E-state index contributed by atoms with van der Waals surface area (Å²) in [6.07, 6.45) is 4.40. The second-order valence-corrected chi connectivity index (χ2v) is 9.58. The fourth-order valence-corrected chi connectivity index (χ4v) is 5.46. The van der Waals surface area contributed by atoms with Crippen molar-refractivity contribution in [2.45, 2.75) is 38.0 Å². The molecule has 1 amide bonds. The van der Waals surface area contributed by atoms with E-state index >= 15 is 0 Å². The summed E-state index contributed by atoms with van der Waals surface area (Å²) in [7, 11) is -3.64. The Labute approximate surface area is 182 Å². The fourth-order valence-electron chi connectivity index (χ4n) is 3.69. The van der Waals surface area contributed by atoms with Crippen molar-refractivity contribution in [3.8, 4) is 5.82 Å². The number of rotatable bonds is 5. The molecule has 1 fully saturated rings. The third-order valence-electron chi connectivity index (χ3n) is 5.32. The second-order valence-electron chi connectivity index (χ2n) is 7.67. The van der Waals surface area contributed by atoms with Gasteiger partial charge in [-0.2, -0.15) is 14.1 Å². The molecule has 162 valence electrons. The van der Waals surface area contributed by atoms with Gasteiger partial charge in [0.2, 0.25) is 10.0 Å². The summed E-state index contributed by atoms with van der Waals surface area (Å²) in [5.74, 6) is 0.623. The van der Waals surface area contributed by atoms with E-state index in [1.165, 1.54) is 10.4 Å². The molecule has 3 heterocycles. The van der Waals surface area contributed by atoms with E-state index in [-0.39, 0.29) is 10.5 Å². The van der Waals surface area contributed by atoms with Crippen LogP contribution in [0.2, 0.25) is 0 Å². The van der Waals surface area contributed by atoms with Gasteiger partial charge < -0.3 is 5.32 Å². The van der Waals surface area contributed by atoms with Crippen LogP contribution in [-0.4, -0.2) is 46.5 Å². The minimum atomic E-state index is -3.64. The number of hydrogen-bond acceptors (Lipinski definition) is 5. The lowest BCUT2D eigenvalue weighted by molar-refractivity contribution is 0.102. The molecule has 0 unspecified atom stereocenters. The number of pyridine rings is 1. The maximum absolute atomic E-state index is 13.2. The maximum Gasteiger partial charge on any atom is 0.256 e. The topological polar surface area (TPSA) is 97.2 Å². The lowest BCUT2D eigenvalue weighted by Gasteiger charge is -2.26. The third kappa shape index (κ3) is 4.38. The number of sulfonamides is 1. The third-order valence-corrected chi connectivity index (χ3v) is 7.36. The van der Waals surface area contributed by atoms with Gasteiger partial charge in [0.1, 0.15) is 5.82 Å². The van der Waals surface area contributed by atoms with Gasteiger partial charge in [-0.15, -0.1) is 0 Å². The molecule has 8 nitrogen and oxygen atoms in total. The SMILES string of the molecule is Cc1cc(NC(=O)c2ccc(C)c(S(=O)(=O)N3CCCCC3)c2)n(-c2ccccn2)n1. The number of benzene rings is 1. The van der Waals surface area contributed by atoms with Crippen LogP contribution in [0.1, 0.15) is 40.9 Å². The number of aryl methyl sites for hydroxylation is 2. The lowest BCUT2D eigenvalue weighted by atomic mass is 10.1. The fraction of sp³-hybridized carbons (Fsp3) is 0.318. The minimum Gasteiger partial charge on any atom is -0.306 e. The highest BCUT2D eigenvalue weighted by molar-refractivity contribution is 7.89. The first-order valence-corrected chi connectivity index (χ1v) is 11.7. The smallest absolute Gasteiger partial charge is 0.256 e. The number of aromatic nitrogens is 3. The zero-order valence-corrected chi connectivity index (χ0v) is 18.4. The normalized spacial score (nSPS) is 15.0. The quantitative estimate of drug-likeness (QED) is 0.658. The molecule has 2 aromatic heterocycles. The van der Waals surface area contributed by atoms with Gasteiger partial charge in [0.25, 0.3) is 5.91 Å². The van der Waals surface area contributed by atoms with E-state index in [4.69, 9.17) is 0 Å². The Balaban J connectivity index is 1.63. The zero-order chi connectivity index (χ0) is 22.0. The molecule has 1 saturated heterocycles. The molecule has 0 spiro atoms. The van der Waals surface area contributed by atoms with Gasteiger partial charge in [0.15, 0.2) is 5.82 Å². The van der Waals surface area contributed by atoms with Crippen LogP contribution in [-0.2, 0) is 10.0 Å². The van der Waals surface area contributed by atoms with Gasteiger partial charge in [0.05, 0.1) is 10.6 Å². The van der Waals surface area contributed by atoms with E-state index in [9.17, 15) is 13.2 Å². The molecular weight excluding hydrogens is 414 g/mol. The minimum absolute atomic E-state index is 0.177. The van der Waals surface area contributed by atoms with E-state index in [1.807, 2.05) is 13.0 Å². The molecule has 1 aromatic carbocycles. The van der Waals surface area contributed by atoms with Crippen LogP contribution in [0.15, 0.2) is 53.6 Å². The van der Waals surface area contributed by atoms with Gasteiger partial charge in [-0.25, -0.2) is 13.4 Å². The van der Waals surface area contributed by atoms with Crippen molar-refractivity contribution in [2.75, 3.05) is 18.4 Å². The number of anilines is 1. The maximum atomic E-state index is 13.2. The molecule has 1 N–H and O–H groups in total. The first kappa shape index (κ1) is 21.2. The van der Waals surface area contributed by atoms with Crippen molar-refractivity contribution in [2.24, 2.45) is 0 Å². The number of carbonyl (C=O) groups is 1. The molecule has 1 aliphatic rings. The Kier molecular flexibility index (Phi) is 5.88. The van der Waals surface area contributed by atoms with Crippen LogP contribution in [0.5, 0.6) is 0 Å². The molecule has 0 saturated carbocycles. The Hall–Kier alpha value is -3.04. The monoisotopic (exact) mass is 439 g/mol. The summed E-state index contributed by atoms with van der Waals surface area (Å²) >= 11 is 0. The van der Waals surface area contributed by atoms with Crippen LogP contribution in [0, 0.1) is 13.8 Å². The first-order chi connectivity index (χ1) is 14.9. The molecule has 9 heteroatoms. The van der Waals surface area contributed by atoms with E-state index in [0.717, 1.165) is 25.0 Å². The Bertz CT molecular complexity index is 1200. The molecule has 31 heavy (non-hydrogen) atoms. The van der Waals surface area contributed by atoms with Crippen LogP contribution < -0.4 is 5.32 Å². The van der Waals surface area contributed by atoms with Crippen molar-refractivity contribution in [1.82, 2.24) is 19.1 Å². The number of hydrogen-bond donors (Lipinski definition) is 1. The summed E-state index contributed by atoms with van der Waals surface area (Å²) in [5.41, 5.74) is 1.61. The Morgan fingerprint density at radius 3 is 2.52 bits per heavy atom. The van der Waals surface area contributed by atoms with Crippen LogP contribution in [0.4, 0.5) is 5.82 Å². The highest BCUT2D eigenvalue weighted by atomic mass is 32.2. The molecule has 0 aliphatic carbocycles. The Morgan fingerprint density at radius 1 is 1.03 bits per heavy atom. The molecule has 0 bridgehead atoms. The predicted octanol–water partition coefficient (Wildman–Crippen LogP) is 3.31. The molecular formula is C22H25N5O3S. The molecule has 4 rings (SSSR count). The average molecular weight is 440 g/mol. The van der Waals surface area contributed by atoms with Crippen molar-refractivity contribution < 1.29 is 13.2 Å². The predicted molar refractivity (Wildman–Crippen MR) is 118 cm³/mol. The molecule has 3 aromatic rings. The number of nitrogens with one attached hydrogen (secondary N) is 1. The second kappa shape index (κ2) is 8.60. The summed E-state index contributed by atoms with van der Waals surface area (Å²) in [4.78, 5) is 17.4. The van der Waals surface area contributed by atoms with Crippen molar-refractivity contribution in [1.29, 1.82) is 0 Å². The summed E-state index contributed by atoms with van der Waals surface area (Å²) in [6.45, 7) is 4.60. The van der Waals surface area contributed by atoms with Gasteiger partial charge in [-0.3, -0.25) is 4.79 Å². The van der Waals surface area contributed by atoms with E-state index in [2.05, 4.69) is 15.4 Å². The van der Waals surface area contributed by atoms with Crippen molar-refractivity contribution >= 4 is 21.7 Å². The number of piperidine rings is 1. The van der Waals surface area contributed by atoms with Crippen molar-refractivity contribution in [3.05, 3.63) is 65.5 Å². The van der Waals surface area contributed by atoms with Gasteiger partial charge in [0, 0.05) is 30.9 Å². The molecule has 0 radical (unpaired) electrons. The Morgan fingerprint density at radius 2 is 1.81 bits per heavy atom. The number of amides is 1. The summed E-state index contributed by atoms with van der Waals surface area (Å²) in [6, 6.07) is 11.9. The van der Waals surface area contributed by atoms with Crippen LogP contribution >= 0.6 is 0 Å². The zero-order valence-electron chi connectivity index (χ0n) is 17.6. The van der Waals surface area contributed by atoms with Gasteiger partial charge in [-0.1, -0.05) is 18.6 Å². The highest BCUT2D eigenvalue weighted by Crippen LogP contribution is 2.25. The largest absolute Gasteiger partial charge is 0.306 e. The van der Waals surface area contributed by atoms with Crippen LogP contribution in [0.3, 0.4) is 0 Å². The van der Waals surface area contributed by atoms with Crippen LogP contribution in [0.25, 0.3) is 5.82 Å².